The summed E-state index contributed by atoms with van der Waals surface area (Å²) in [5, 5.41) is 12.1. The second-order valence-electron chi connectivity index (χ2n) is 7.65. The molecule has 1 amide bonds. The minimum Gasteiger partial charge on any atom is -0.492 e. The van der Waals surface area contributed by atoms with Gasteiger partial charge in [-0.15, -0.1) is 0 Å². The highest BCUT2D eigenvalue weighted by atomic mass is 16.5. The molecule has 1 aromatic carbocycles. The van der Waals surface area contributed by atoms with Crippen molar-refractivity contribution in [3.05, 3.63) is 44.6 Å². The molecule has 2 aromatic rings. The quantitative estimate of drug-likeness (QED) is 0.453. The number of H-pyrrole nitrogens is 1. The molecule has 1 heterocycles. The lowest BCUT2D eigenvalue weighted by Crippen LogP contribution is -2.44. The molecule has 0 fully saturated rings. The average Bonchev–Trinajstić information content (AvgIpc) is 2.77. The molecule has 11 nitrogen and oxygen atoms in total. The third-order valence-electron chi connectivity index (χ3n) is 4.69. The molecular weight excluding hydrogens is 428 g/mol. The van der Waals surface area contributed by atoms with Crippen molar-refractivity contribution in [3.63, 3.8) is 0 Å². The summed E-state index contributed by atoms with van der Waals surface area (Å²) in [7, 11) is 1.47. The van der Waals surface area contributed by atoms with Gasteiger partial charge in [-0.1, -0.05) is 13.8 Å². The van der Waals surface area contributed by atoms with Crippen LogP contribution in [0.2, 0.25) is 0 Å². The zero-order valence-electron chi connectivity index (χ0n) is 19.3. The van der Waals surface area contributed by atoms with Crippen molar-refractivity contribution in [3.8, 4) is 11.8 Å². The molecule has 0 aliphatic rings. The number of rotatable bonds is 11. The van der Waals surface area contributed by atoms with Crippen LogP contribution >= 0.6 is 0 Å². The lowest BCUT2D eigenvalue weighted by Gasteiger charge is -2.25. The molecule has 0 bridgehead atoms. The fourth-order valence-corrected chi connectivity index (χ4v) is 3.21. The second kappa shape index (κ2) is 11.7. The van der Waals surface area contributed by atoms with E-state index in [2.05, 4.69) is 10.3 Å². The van der Waals surface area contributed by atoms with E-state index in [1.165, 1.54) is 16.6 Å². The van der Waals surface area contributed by atoms with Crippen molar-refractivity contribution in [2.45, 2.75) is 27.3 Å². The van der Waals surface area contributed by atoms with Gasteiger partial charge in [-0.25, -0.2) is 4.79 Å². The maximum absolute atomic E-state index is 13.2. The highest BCUT2D eigenvalue weighted by Gasteiger charge is 2.24. The number of aromatic nitrogens is 2. The molecule has 0 radical (unpaired) electrons. The average molecular weight is 459 g/mol. The van der Waals surface area contributed by atoms with E-state index in [1.807, 2.05) is 26.8 Å². The number of methoxy groups -OCH3 is 1. The molecule has 2 rings (SSSR count). The number of nitrogen functional groups attached to an aromatic ring is 1. The number of hydrogen-bond donors (Lipinski definition) is 3. The summed E-state index contributed by atoms with van der Waals surface area (Å²) < 4.78 is 11.9. The number of nitrogens with one attached hydrogen (secondary N) is 2. The maximum Gasteiger partial charge on any atom is 0.330 e. The van der Waals surface area contributed by atoms with E-state index in [1.54, 1.807) is 18.2 Å². The van der Waals surface area contributed by atoms with Crippen LogP contribution in [0.4, 0.5) is 17.2 Å². The summed E-state index contributed by atoms with van der Waals surface area (Å²) in [5.41, 5.74) is 5.53. The van der Waals surface area contributed by atoms with Crippen LogP contribution in [-0.4, -0.2) is 48.9 Å². The van der Waals surface area contributed by atoms with Crippen LogP contribution in [0.5, 0.6) is 5.75 Å². The van der Waals surface area contributed by atoms with E-state index in [4.69, 9.17) is 15.2 Å². The fourth-order valence-electron chi connectivity index (χ4n) is 3.21. The van der Waals surface area contributed by atoms with Crippen molar-refractivity contribution in [1.82, 2.24) is 9.55 Å². The number of hydrogen-bond acceptors (Lipinski definition) is 8. The second-order valence-corrected chi connectivity index (χ2v) is 7.65. The van der Waals surface area contributed by atoms with Gasteiger partial charge in [-0.3, -0.25) is 19.1 Å². The van der Waals surface area contributed by atoms with Crippen LogP contribution in [0.1, 0.15) is 26.3 Å². The number of anilines is 3. The Labute approximate surface area is 191 Å². The van der Waals surface area contributed by atoms with Crippen molar-refractivity contribution in [2.24, 2.45) is 5.92 Å². The van der Waals surface area contributed by atoms with Crippen LogP contribution in [0.25, 0.3) is 0 Å². The maximum atomic E-state index is 13.2. The lowest BCUT2D eigenvalue weighted by atomic mass is 10.2. The Kier molecular flexibility index (Phi) is 9.06. The number of benzene rings is 1. The lowest BCUT2D eigenvalue weighted by molar-refractivity contribution is -0.117. The topological polar surface area (TPSA) is 155 Å². The van der Waals surface area contributed by atoms with Gasteiger partial charge >= 0.3 is 5.69 Å². The Morgan fingerprint density at radius 2 is 2.09 bits per heavy atom. The minimum atomic E-state index is -0.761. The molecule has 0 saturated heterocycles. The Bertz CT molecular complexity index is 1130. The Hall–Kier alpha value is -3.78. The molecule has 0 aliphatic carbocycles. The summed E-state index contributed by atoms with van der Waals surface area (Å²) in [6.45, 7) is 6.26. The summed E-state index contributed by atoms with van der Waals surface area (Å²) in [5.74, 6) is -0.0132. The summed E-state index contributed by atoms with van der Waals surface area (Å²) in [4.78, 5) is 41.5. The molecule has 0 spiro atoms. The van der Waals surface area contributed by atoms with E-state index in [0.717, 1.165) is 0 Å². The predicted molar refractivity (Wildman–Crippen MR) is 126 cm³/mol. The number of nitrogens with two attached hydrogens (primary N) is 1. The van der Waals surface area contributed by atoms with Gasteiger partial charge in [0.1, 0.15) is 11.6 Å². The molecule has 178 valence electrons. The third kappa shape index (κ3) is 6.36. The van der Waals surface area contributed by atoms with E-state index in [9.17, 15) is 19.6 Å². The molecule has 0 atom stereocenters. The number of nitriles is 1. The molecule has 0 aliphatic heterocycles. The minimum absolute atomic E-state index is 0.0424. The van der Waals surface area contributed by atoms with E-state index in [-0.39, 0.29) is 43.7 Å². The van der Waals surface area contributed by atoms with Gasteiger partial charge in [0.15, 0.2) is 5.69 Å². The monoisotopic (exact) mass is 458 g/mol. The molecular formula is C22H30N6O5. The zero-order chi connectivity index (χ0) is 24.5. The predicted octanol–water partition coefficient (Wildman–Crippen LogP) is 1.14. The third-order valence-corrected chi connectivity index (χ3v) is 4.69. The Morgan fingerprint density at radius 3 is 2.70 bits per heavy atom. The number of nitrogens with zero attached hydrogens (tertiary/aromatic N) is 3. The van der Waals surface area contributed by atoms with Crippen LogP contribution in [-0.2, 0) is 16.1 Å². The van der Waals surface area contributed by atoms with Crippen LogP contribution in [0.3, 0.4) is 0 Å². The first-order chi connectivity index (χ1) is 15.7. The van der Waals surface area contributed by atoms with Crippen molar-refractivity contribution >= 4 is 23.1 Å². The Morgan fingerprint density at radius 1 is 1.36 bits per heavy atom. The van der Waals surface area contributed by atoms with Crippen molar-refractivity contribution in [1.29, 1.82) is 5.26 Å². The fraction of sp³-hybridized carbons (Fsp3) is 0.455. The number of carbonyl (C=O) groups is 1. The molecule has 0 unspecified atom stereocenters. The SMILES string of the molecule is CCOc1ccc(C#N)cc1NCC(=O)N(CCOC)c1c(N)n(CC(C)C)c(=O)[nH]c1=O. The first kappa shape index (κ1) is 25.5. The standard InChI is InChI=1S/C22H30N6O5/c1-5-33-17-7-6-15(11-23)10-16(17)25-12-18(29)27(8-9-32-4)19-20(24)28(13-14(2)3)22(31)26-21(19)30/h6-7,10,14,25H,5,8-9,12-13,24H2,1-4H3,(H,26,30,31). The number of amides is 1. The number of ether oxygens (including phenoxy) is 2. The number of carbonyl (C=O) groups excluding carboxylic acids is 1. The molecule has 11 heteroatoms. The summed E-state index contributed by atoms with van der Waals surface area (Å²) >= 11 is 0. The number of aromatic amines is 1. The molecule has 4 N–H and O–H groups in total. The zero-order valence-corrected chi connectivity index (χ0v) is 19.3. The van der Waals surface area contributed by atoms with Crippen LogP contribution < -0.4 is 31.9 Å². The van der Waals surface area contributed by atoms with E-state index in [0.29, 0.717) is 23.6 Å². The van der Waals surface area contributed by atoms with E-state index < -0.39 is 17.2 Å². The summed E-state index contributed by atoms with van der Waals surface area (Å²) in [6.07, 6.45) is 0. The Balaban J connectivity index is 2.41. The normalized spacial score (nSPS) is 10.7. The first-order valence-corrected chi connectivity index (χ1v) is 10.6. The summed E-state index contributed by atoms with van der Waals surface area (Å²) in [6, 6.07) is 6.87. The smallest absolute Gasteiger partial charge is 0.330 e. The molecule has 33 heavy (non-hydrogen) atoms. The van der Waals surface area contributed by atoms with Gasteiger partial charge in [-0.2, -0.15) is 5.26 Å². The van der Waals surface area contributed by atoms with Gasteiger partial charge in [0.05, 0.1) is 37.1 Å². The van der Waals surface area contributed by atoms with Crippen LogP contribution in [0.15, 0.2) is 27.8 Å². The van der Waals surface area contributed by atoms with Gasteiger partial charge in [0, 0.05) is 20.2 Å². The first-order valence-electron chi connectivity index (χ1n) is 10.6. The van der Waals surface area contributed by atoms with Gasteiger partial charge in [-0.05, 0) is 31.0 Å². The van der Waals surface area contributed by atoms with Crippen molar-refractivity contribution < 1.29 is 14.3 Å². The van der Waals surface area contributed by atoms with Gasteiger partial charge < -0.3 is 25.4 Å². The molecule has 1 aromatic heterocycles. The van der Waals surface area contributed by atoms with Crippen molar-refractivity contribution in [2.75, 3.05) is 49.4 Å². The highest BCUT2D eigenvalue weighted by molar-refractivity contribution is 5.98. The van der Waals surface area contributed by atoms with Gasteiger partial charge in [0.25, 0.3) is 5.56 Å². The van der Waals surface area contributed by atoms with Crippen LogP contribution in [0, 0.1) is 17.2 Å². The molecule has 0 saturated carbocycles. The van der Waals surface area contributed by atoms with Gasteiger partial charge in [0.2, 0.25) is 5.91 Å². The highest BCUT2D eigenvalue weighted by Crippen LogP contribution is 2.26. The van der Waals surface area contributed by atoms with E-state index >= 15 is 0 Å². The largest absolute Gasteiger partial charge is 0.492 e.